The third kappa shape index (κ3) is 9.09. The van der Waals surface area contributed by atoms with Crippen LogP contribution >= 0.6 is 35.3 Å². The number of halogens is 4. The Kier molecular flexibility index (Phi) is 10.1. The Morgan fingerprint density at radius 1 is 1.32 bits per heavy atom. The summed E-state index contributed by atoms with van der Waals surface area (Å²) < 4.78 is 36.7. The zero-order valence-electron chi connectivity index (χ0n) is 14.3. The van der Waals surface area contributed by atoms with Gasteiger partial charge in [0.15, 0.2) is 11.1 Å². The Hall–Kier alpha value is -1.31. The molecule has 0 saturated carbocycles. The number of carbonyl (C=O) groups is 1. The number of hydrogen-bond acceptors (Lipinski definition) is 5. The van der Waals surface area contributed by atoms with Gasteiger partial charge in [-0.1, -0.05) is 0 Å². The zero-order valence-corrected chi connectivity index (χ0v) is 17.5. The van der Waals surface area contributed by atoms with Crippen LogP contribution < -0.4 is 15.5 Å². The maximum Gasteiger partial charge on any atom is 0.406 e. The molecule has 0 aromatic carbocycles. The lowest BCUT2D eigenvalue weighted by Gasteiger charge is -2.19. The summed E-state index contributed by atoms with van der Waals surface area (Å²) in [6, 6.07) is 0. The van der Waals surface area contributed by atoms with Gasteiger partial charge in [0.1, 0.15) is 6.54 Å². The van der Waals surface area contributed by atoms with Crippen LogP contribution in [-0.2, 0) is 11.3 Å². The molecule has 0 radical (unpaired) electrons. The van der Waals surface area contributed by atoms with Crippen molar-refractivity contribution in [3.8, 4) is 0 Å². The van der Waals surface area contributed by atoms with Crippen LogP contribution in [0.2, 0.25) is 0 Å². The molecular formula is C13H22F3IN6OS. The average molecular weight is 494 g/mol. The van der Waals surface area contributed by atoms with Crippen LogP contribution in [0, 0.1) is 0 Å². The molecule has 0 aliphatic rings. The number of nitrogens with zero attached hydrogens (tertiary/aromatic N) is 4. The monoisotopic (exact) mass is 494 g/mol. The number of hydrogen-bond donors (Lipinski definition) is 2. The first-order valence-electron chi connectivity index (χ1n) is 6.99. The molecule has 25 heavy (non-hydrogen) atoms. The van der Waals surface area contributed by atoms with Crippen LogP contribution in [0.15, 0.2) is 10.4 Å². The van der Waals surface area contributed by atoms with Crippen molar-refractivity contribution in [2.45, 2.75) is 12.7 Å². The van der Waals surface area contributed by atoms with Crippen molar-refractivity contribution in [3.63, 3.8) is 0 Å². The van der Waals surface area contributed by atoms with Gasteiger partial charge in [0.2, 0.25) is 5.91 Å². The number of aliphatic imine (C=N–C) groups is 1. The molecule has 0 aliphatic carbocycles. The molecule has 2 N–H and O–H groups in total. The number of amides is 1. The minimum atomic E-state index is -4.42. The molecule has 144 valence electrons. The van der Waals surface area contributed by atoms with E-state index in [-0.39, 0.29) is 30.5 Å². The van der Waals surface area contributed by atoms with E-state index < -0.39 is 18.6 Å². The molecule has 12 heteroatoms. The van der Waals surface area contributed by atoms with Crippen molar-refractivity contribution in [1.29, 1.82) is 0 Å². The number of thiazole rings is 1. The van der Waals surface area contributed by atoms with E-state index in [1.54, 1.807) is 0 Å². The van der Waals surface area contributed by atoms with E-state index in [0.29, 0.717) is 17.4 Å². The Labute approximate surface area is 165 Å². The molecule has 0 bridgehead atoms. The van der Waals surface area contributed by atoms with Gasteiger partial charge in [0, 0.05) is 33.6 Å². The molecule has 1 amide bonds. The summed E-state index contributed by atoms with van der Waals surface area (Å²) in [5.74, 6) is -0.373. The summed E-state index contributed by atoms with van der Waals surface area (Å²) in [5.41, 5.74) is 0.798. The van der Waals surface area contributed by atoms with Crippen LogP contribution in [0.5, 0.6) is 0 Å². The molecule has 7 nitrogen and oxygen atoms in total. The Bertz CT molecular complexity index is 578. The number of alkyl halides is 3. The molecule has 0 atom stereocenters. The summed E-state index contributed by atoms with van der Waals surface area (Å²) in [4.78, 5) is 22.5. The number of anilines is 1. The Morgan fingerprint density at radius 3 is 2.44 bits per heavy atom. The highest BCUT2D eigenvalue weighted by atomic mass is 127. The van der Waals surface area contributed by atoms with Crippen LogP contribution in [0.3, 0.4) is 0 Å². The first-order valence-corrected chi connectivity index (χ1v) is 7.87. The number of guanidine groups is 1. The number of rotatable bonds is 6. The third-order valence-corrected chi connectivity index (χ3v) is 3.89. The lowest BCUT2D eigenvalue weighted by atomic mass is 10.4. The van der Waals surface area contributed by atoms with Gasteiger partial charge in [0.25, 0.3) is 0 Å². The third-order valence-electron chi connectivity index (χ3n) is 2.83. The average Bonchev–Trinajstić information content (AvgIpc) is 2.94. The van der Waals surface area contributed by atoms with E-state index in [1.165, 1.54) is 18.4 Å². The zero-order chi connectivity index (χ0) is 18.3. The van der Waals surface area contributed by atoms with E-state index in [2.05, 4.69) is 20.6 Å². The van der Waals surface area contributed by atoms with Gasteiger partial charge in [-0.15, -0.1) is 35.3 Å². The molecule has 0 unspecified atom stereocenters. The summed E-state index contributed by atoms with van der Waals surface area (Å²) >= 11 is 1.49. The topological polar surface area (TPSA) is 72.9 Å². The number of likely N-dealkylation sites (N-methyl/N-ethyl adjacent to an activating group) is 1. The van der Waals surface area contributed by atoms with Crippen molar-refractivity contribution in [2.75, 3.05) is 46.2 Å². The molecule has 1 aromatic rings. The van der Waals surface area contributed by atoms with Crippen LogP contribution in [-0.4, -0.2) is 69.2 Å². The van der Waals surface area contributed by atoms with Gasteiger partial charge in [-0.2, -0.15) is 13.2 Å². The fraction of sp³-hybridized carbons (Fsp3) is 0.615. The van der Waals surface area contributed by atoms with Gasteiger partial charge < -0.3 is 20.4 Å². The fourth-order valence-electron chi connectivity index (χ4n) is 1.63. The van der Waals surface area contributed by atoms with E-state index >= 15 is 0 Å². The Morgan fingerprint density at radius 2 is 1.96 bits per heavy atom. The number of carbonyl (C=O) groups excluding carboxylic acids is 1. The van der Waals surface area contributed by atoms with Crippen molar-refractivity contribution in [2.24, 2.45) is 4.99 Å². The van der Waals surface area contributed by atoms with E-state index in [4.69, 9.17) is 0 Å². The SMILES string of the molecule is CN=C(NCC(=O)N(C)CC(F)(F)F)NCc1csc(N(C)C)n1.I. The van der Waals surface area contributed by atoms with Crippen LogP contribution in [0.1, 0.15) is 5.69 Å². The molecular weight excluding hydrogens is 472 g/mol. The molecule has 1 heterocycles. The number of aromatic nitrogens is 1. The Balaban J connectivity index is 0.00000576. The van der Waals surface area contributed by atoms with Gasteiger partial charge in [-0.25, -0.2) is 4.98 Å². The van der Waals surface area contributed by atoms with Crippen molar-refractivity contribution in [3.05, 3.63) is 11.1 Å². The van der Waals surface area contributed by atoms with Gasteiger partial charge in [-0.3, -0.25) is 9.79 Å². The van der Waals surface area contributed by atoms with Gasteiger partial charge >= 0.3 is 6.18 Å². The largest absolute Gasteiger partial charge is 0.406 e. The quantitative estimate of drug-likeness (QED) is 0.357. The fourth-order valence-corrected chi connectivity index (χ4v) is 2.39. The van der Waals surface area contributed by atoms with Crippen LogP contribution in [0.25, 0.3) is 0 Å². The lowest BCUT2D eigenvalue weighted by Crippen LogP contribution is -2.45. The first kappa shape index (κ1) is 23.7. The van der Waals surface area contributed by atoms with Crippen molar-refractivity contribution in [1.82, 2.24) is 20.5 Å². The molecule has 1 rings (SSSR count). The summed E-state index contributed by atoms with van der Waals surface area (Å²) in [7, 11) is 6.39. The smallest absolute Gasteiger partial charge is 0.354 e. The highest BCUT2D eigenvalue weighted by Crippen LogP contribution is 2.17. The van der Waals surface area contributed by atoms with Crippen molar-refractivity contribution < 1.29 is 18.0 Å². The predicted octanol–water partition coefficient (Wildman–Crippen LogP) is 1.51. The standard InChI is InChI=1S/C13H21F3N6OS.HI/c1-17-11(18-5-9-7-24-12(20-9)21(2)3)19-6-10(23)22(4)8-13(14,15)16;/h7H,5-6,8H2,1-4H3,(H2,17,18,19);1H. The molecule has 0 fully saturated rings. The molecule has 0 aliphatic heterocycles. The maximum atomic E-state index is 12.2. The normalized spacial score (nSPS) is 11.6. The van der Waals surface area contributed by atoms with E-state index in [1.807, 2.05) is 24.4 Å². The van der Waals surface area contributed by atoms with Gasteiger partial charge in [-0.05, 0) is 0 Å². The summed E-state index contributed by atoms with van der Waals surface area (Å²) in [6.45, 7) is -1.19. The second-order valence-electron chi connectivity index (χ2n) is 5.16. The van der Waals surface area contributed by atoms with Crippen LogP contribution in [0.4, 0.5) is 18.3 Å². The second-order valence-corrected chi connectivity index (χ2v) is 6.00. The minimum absolute atomic E-state index is 0. The maximum absolute atomic E-state index is 12.2. The lowest BCUT2D eigenvalue weighted by molar-refractivity contribution is -0.157. The molecule has 1 aromatic heterocycles. The van der Waals surface area contributed by atoms with Crippen molar-refractivity contribution >= 4 is 52.3 Å². The van der Waals surface area contributed by atoms with Gasteiger partial charge in [0.05, 0.1) is 18.8 Å². The highest BCUT2D eigenvalue weighted by Gasteiger charge is 2.31. The second kappa shape index (κ2) is 10.6. The van der Waals surface area contributed by atoms with E-state index in [0.717, 1.165) is 17.9 Å². The number of nitrogens with one attached hydrogen (secondary N) is 2. The first-order chi connectivity index (χ1) is 11.1. The molecule has 0 saturated heterocycles. The highest BCUT2D eigenvalue weighted by molar-refractivity contribution is 14.0. The summed E-state index contributed by atoms with van der Waals surface area (Å²) in [6.07, 6.45) is -4.42. The summed E-state index contributed by atoms with van der Waals surface area (Å²) in [5, 5.41) is 8.38. The minimum Gasteiger partial charge on any atom is -0.354 e. The predicted molar refractivity (Wildman–Crippen MR) is 104 cm³/mol. The van der Waals surface area contributed by atoms with E-state index in [9.17, 15) is 18.0 Å². The molecule has 0 spiro atoms.